The molecule has 0 fully saturated rings. The second kappa shape index (κ2) is 12.1. The first-order valence-corrected chi connectivity index (χ1v) is 10.2. The number of primary amides is 1. The van der Waals surface area contributed by atoms with Crippen LogP contribution in [-0.2, 0) is 36.8 Å². The average molecular weight is 477 g/mol. The van der Waals surface area contributed by atoms with Crippen molar-refractivity contribution in [3.05, 3.63) is 36.4 Å². The van der Waals surface area contributed by atoms with E-state index in [4.69, 9.17) is 11.5 Å². The lowest BCUT2D eigenvalue weighted by atomic mass is 10.1. The van der Waals surface area contributed by atoms with Crippen molar-refractivity contribution < 1.29 is 29.1 Å². The summed E-state index contributed by atoms with van der Waals surface area (Å²) in [6, 6.07) is -4.85. The largest absolute Gasteiger partial charge is 0.480 e. The number of aromatic nitrogens is 4. The normalized spacial score (nSPS) is 14.3. The van der Waals surface area contributed by atoms with Gasteiger partial charge in [0.25, 0.3) is 0 Å². The van der Waals surface area contributed by atoms with Gasteiger partial charge in [0.2, 0.25) is 23.6 Å². The Morgan fingerprint density at radius 3 is 1.97 bits per heavy atom. The smallest absolute Gasteiger partial charge is 0.326 e. The number of amides is 4. The number of aliphatic carboxylic acids is 1. The van der Waals surface area contributed by atoms with Gasteiger partial charge in [-0.3, -0.25) is 19.2 Å². The molecule has 0 aromatic carbocycles. The number of nitrogens with zero attached hydrogens (tertiary/aromatic N) is 2. The Morgan fingerprint density at radius 2 is 1.47 bits per heavy atom. The molecule has 4 amide bonds. The summed E-state index contributed by atoms with van der Waals surface area (Å²) in [6.45, 7) is 1.40. The molecule has 2 aromatic heterocycles. The second-order valence-corrected chi connectivity index (χ2v) is 7.53. The minimum atomic E-state index is -1.58. The average Bonchev–Trinajstić information content (AvgIpc) is 3.46. The molecule has 0 aliphatic rings. The number of hydrogen-bond donors (Lipinski definition) is 8. The molecule has 2 aromatic rings. The summed E-state index contributed by atoms with van der Waals surface area (Å²) in [5.41, 5.74) is 12.0. The van der Waals surface area contributed by atoms with Crippen LogP contribution < -0.4 is 27.4 Å². The maximum absolute atomic E-state index is 12.7. The van der Waals surface area contributed by atoms with Crippen LogP contribution in [0.15, 0.2) is 25.0 Å². The summed E-state index contributed by atoms with van der Waals surface area (Å²) in [6.07, 6.45) is 5.21. The van der Waals surface area contributed by atoms with E-state index >= 15 is 0 Å². The molecule has 0 aliphatic heterocycles. The molecule has 4 atom stereocenters. The molecular weight excluding hydrogens is 450 g/mol. The first-order valence-electron chi connectivity index (χ1n) is 10.2. The van der Waals surface area contributed by atoms with E-state index in [0.29, 0.717) is 11.4 Å². The fraction of sp³-hybridized carbons (Fsp3) is 0.421. The van der Waals surface area contributed by atoms with Crippen LogP contribution in [0.3, 0.4) is 0 Å². The van der Waals surface area contributed by atoms with Crippen LogP contribution in [0, 0.1) is 0 Å². The number of hydrogen-bond acceptors (Lipinski definition) is 8. The van der Waals surface area contributed by atoms with Gasteiger partial charge in [0, 0.05) is 36.6 Å². The summed E-state index contributed by atoms with van der Waals surface area (Å²) in [5, 5.41) is 16.3. The number of imidazole rings is 2. The highest BCUT2D eigenvalue weighted by molar-refractivity contribution is 5.94. The SMILES string of the molecule is CC(NC(=O)C(N)Cc1cnc[nH]1)C(=O)NC(Cc1cnc[nH]1)C(=O)NC(CC(N)=O)C(=O)O. The maximum atomic E-state index is 12.7. The van der Waals surface area contributed by atoms with Crippen LogP contribution in [0.2, 0.25) is 0 Å². The Kier molecular flexibility index (Phi) is 9.25. The van der Waals surface area contributed by atoms with E-state index in [2.05, 4.69) is 35.9 Å². The molecule has 2 heterocycles. The van der Waals surface area contributed by atoms with Gasteiger partial charge in [-0.05, 0) is 6.92 Å². The molecule has 34 heavy (non-hydrogen) atoms. The van der Waals surface area contributed by atoms with Gasteiger partial charge in [0.05, 0.1) is 25.1 Å². The Morgan fingerprint density at radius 1 is 0.912 bits per heavy atom. The molecule has 184 valence electrons. The molecule has 4 unspecified atom stereocenters. The Labute approximate surface area is 193 Å². The molecule has 0 saturated carbocycles. The summed E-state index contributed by atoms with van der Waals surface area (Å²) >= 11 is 0. The van der Waals surface area contributed by atoms with Gasteiger partial charge in [-0.2, -0.15) is 0 Å². The van der Waals surface area contributed by atoms with E-state index in [1.807, 2.05) is 0 Å². The third kappa shape index (κ3) is 8.01. The summed E-state index contributed by atoms with van der Waals surface area (Å²) in [7, 11) is 0. The quantitative estimate of drug-likeness (QED) is 0.143. The van der Waals surface area contributed by atoms with Crippen molar-refractivity contribution >= 4 is 29.6 Å². The van der Waals surface area contributed by atoms with Crippen molar-refractivity contribution in [1.82, 2.24) is 35.9 Å². The number of nitrogens with two attached hydrogens (primary N) is 2. The lowest BCUT2D eigenvalue weighted by molar-refractivity contribution is -0.143. The van der Waals surface area contributed by atoms with Crippen LogP contribution in [0.4, 0.5) is 0 Å². The van der Waals surface area contributed by atoms with Crippen LogP contribution in [0.25, 0.3) is 0 Å². The fourth-order valence-electron chi connectivity index (χ4n) is 2.91. The standard InChI is InChI=1S/C19H27N9O6/c1-9(26-17(31)12(20)2-10-5-22-7-24-10)16(30)27-13(3-11-6-23-8-25-11)18(32)28-14(19(33)34)4-15(21)29/h5-9,12-14H,2-4,20H2,1H3,(H2,21,29)(H,22,24)(H,23,25)(H,26,31)(H,27,30)(H,28,32)(H,33,34). The van der Waals surface area contributed by atoms with E-state index in [9.17, 15) is 29.1 Å². The number of carbonyl (C=O) groups is 5. The minimum absolute atomic E-state index is 0.0690. The van der Waals surface area contributed by atoms with Crippen molar-refractivity contribution in [2.24, 2.45) is 11.5 Å². The number of carbonyl (C=O) groups excluding carboxylic acids is 4. The van der Waals surface area contributed by atoms with Crippen molar-refractivity contribution in [2.45, 2.75) is 50.4 Å². The molecule has 2 rings (SSSR count). The summed E-state index contributed by atoms with van der Waals surface area (Å²) in [5.74, 6) is -4.58. The van der Waals surface area contributed by atoms with E-state index in [1.54, 1.807) is 0 Å². The number of aromatic amines is 2. The van der Waals surface area contributed by atoms with Gasteiger partial charge in [-0.1, -0.05) is 0 Å². The summed E-state index contributed by atoms with van der Waals surface area (Å²) < 4.78 is 0. The van der Waals surface area contributed by atoms with Crippen LogP contribution in [-0.4, -0.2) is 78.8 Å². The number of carboxylic acid groups (broad SMARTS) is 1. The highest BCUT2D eigenvalue weighted by Gasteiger charge is 2.30. The Hall–Kier alpha value is -4.27. The van der Waals surface area contributed by atoms with E-state index in [1.165, 1.54) is 32.0 Å². The first kappa shape index (κ1) is 26.0. The third-order valence-corrected chi connectivity index (χ3v) is 4.72. The molecule has 15 nitrogen and oxygen atoms in total. The van der Waals surface area contributed by atoms with Crippen molar-refractivity contribution in [2.75, 3.05) is 0 Å². The van der Waals surface area contributed by atoms with Crippen molar-refractivity contribution in [1.29, 1.82) is 0 Å². The number of carboxylic acids is 1. The van der Waals surface area contributed by atoms with Crippen molar-refractivity contribution in [3.8, 4) is 0 Å². The van der Waals surface area contributed by atoms with Gasteiger partial charge in [-0.15, -0.1) is 0 Å². The fourth-order valence-corrected chi connectivity index (χ4v) is 2.91. The number of H-pyrrole nitrogens is 2. The topological polar surface area (TPSA) is 251 Å². The van der Waals surface area contributed by atoms with Crippen molar-refractivity contribution in [3.63, 3.8) is 0 Å². The van der Waals surface area contributed by atoms with E-state index in [-0.39, 0.29) is 12.8 Å². The zero-order chi connectivity index (χ0) is 25.3. The van der Waals surface area contributed by atoms with Gasteiger partial charge in [-0.25, -0.2) is 14.8 Å². The molecule has 0 saturated heterocycles. The zero-order valence-electron chi connectivity index (χ0n) is 18.3. The van der Waals surface area contributed by atoms with E-state index in [0.717, 1.165) is 0 Å². The van der Waals surface area contributed by atoms with Crippen LogP contribution in [0.1, 0.15) is 24.7 Å². The second-order valence-electron chi connectivity index (χ2n) is 7.53. The van der Waals surface area contributed by atoms with Gasteiger partial charge in [0.15, 0.2) is 0 Å². The molecule has 15 heteroatoms. The molecule has 0 radical (unpaired) electrons. The molecular formula is C19H27N9O6. The van der Waals surface area contributed by atoms with Crippen LogP contribution in [0.5, 0.6) is 0 Å². The molecule has 10 N–H and O–H groups in total. The molecule has 0 bridgehead atoms. The molecule has 0 aliphatic carbocycles. The Bertz CT molecular complexity index is 992. The third-order valence-electron chi connectivity index (χ3n) is 4.72. The number of nitrogens with one attached hydrogen (secondary N) is 5. The summed E-state index contributed by atoms with van der Waals surface area (Å²) in [4.78, 5) is 73.5. The van der Waals surface area contributed by atoms with Crippen LogP contribution >= 0.6 is 0 Å². The highest BCUT2D eigenvalue weighted by atomic mass is 16.4. The first-order chi connectivity index (χ1) is 16.1. The predicted octanol–water partition coefficient (Wildman–Crippen LogP) is -3.32. The molecule has 0 spiro atoms. The Balaban J connectivity index is 2.03. The van der Waals surface area contributed by atoms with E-state index < -0.39 is 60.2 Å². The lowest BCUT2D eigenvalue weighted by Crippen LogP contribution is -2.57. The highest BCUT2D eigenvalue weighted by Crippen LogP contribution is 2.03. The monoisotopic (exact) mass is 477 g/mol. The maximum Gasteiger partial charge on any atom is 0.326 e. The van der Waals surface area contributed by atoms with Gasteiger partial charge < -0.3 is 42.5 Å². The van der Waals surface area contributed by atoms with Gasteiger partial charge >= 0.3 is 5.97 Å². The predicted molar refractivity (Wildman–Crippen MR) is 115 cm³/mol. The number of rotatable bonds is 13. The lowest BCUT2D eigenvalue weighted by Gasteiger charge is -2.23. The minimum Gasteiger partial charge on any atom is -0.480 e. The zero-order valence-corrected chi connectivity index (χ0v) is 18.3. The van der Waals surface area contributed by atoms with Gasteiger partial charge in [0.1, 0.15) is 18.1 Å².